The number of nitrogens with one attached hydrogen (secondary N) is 1. The van der Waals surface area contributed by atoms with E-state index < -0.39 is 0 Å². The van der Waals surface area contributed by atoms with Gasteiger partial charge in [-0.05, 0) is 49.4 Å². The van der Waals surface area contributed by atoms with Crippen molar-refractivity contribution in [3.05, 3.63) is 34.9 Å². The van der Waals surface area contributed by atoms with Crippen LogP contribution in [0, 0.1) is 19.8 Å². The maximum absolute atomic E-state index is 3.68. The standard InChI is InChI=1S/C16H25N/c1-4-17-15(11-14-9-6-10-14)16-12(2)7-5-8-13(16)3/h5,7-8,14-15,17H,4,6,9-11H2,1-3H3. The highest BCUT2D eigenvalue weighted by Crippen LogP contribution is 2.36. The van der Waals surface area contributed by atoms with Crippen LogP contribution >= 0.6 is 0 Å². The van der Waals surface area contributed by atoms with Crippen molar-refractivity contribution < 1.29 is 0 Å². The monoisotopic (exact) mass is 231 g/mol. The van der Waals surface area contributed by atoms with Gasteiger partial charge >= 0.3 is 0 Å². The molecule has 1 aromatic rings. The zero-order valence-electron chi connectivity index (χ0n) is 11.4. The lowest BCUT2D eigenvalue weighted by Crippen LogP contribution is -2.27. The molecule has 0 aliphatic heterocycles. The molecule has 1 N–H and O–H groups in total. The van der Waals surface area contributed by atoms with Crippen LogP contribution < -0.4 is 5.32 Å². The van der Waals surface area contributed by atoms with Crippen LogP contribution in [0.25, 0.3) is 0 Å². The third kappa shape index (κ3) is 2.90. The fourth-order valence-corrected chi connectivity index (χ4v) is 2.99. The number of hydrogen-bond acceptors (Lipinski definition) is 1. The molecule has 1 atom stereocenters. The Hall–Kier alpha value is -0.820. The summed E-state index contributed by atoms with van der Waals surface area (Å²) < 4.78 is 0. The summed E-state index contributed by atoms with van der Waals surface area (Å²) in [7, 11) is 0. The Labute approximate surface area is 106 Å². The molecule has 1 nitrogen and oxygen atoms in total. The van der Waals surface area contributed by atoms with E-state index in [1.54, 1.807) is 5.56 Å². The molecule has 0 bridgehead atoms. The zero-order chi connectivity index (χ0) is 12.3. The summed E-state index contributed by atoms with van der Waals surface area (Å²) in [5, 5.41) is 3.68. The smallest absolute Gasteiger partial charge is 0.0328 e. The molecule has 1 heteroatoms. The molecule has 94 valence electrons. The Kier molecular flexibility index (Phi) is 4.22. The molecule has 0 heterocycles. The summed E-state index contributed by atoms with van der Waals surface area (Å²) in [6.45, 7) is 7.76. The number of aryl methyl sites for hydroxylation is 2. The lowest BCUT2D eigenvalue weighted by molar-refractivity contribution is 0.262. The van der Waals surface area contributed by atoms with Crippen LogP contribution in [0.5, 0.6) is 0 Å². The summed E-state index contributed by atoms with van der Waals surface area (Å²) in [6.07, 6.45) is 5.63. The van der Waals surface area contributed by atoms with E-state index in [2.05, 4.69) is 44.3 Å². The molecule has 0 spiro atoms. The maximum atomic E-state index is 3.68. The van der Waals surface area contributed by atoms with Crippen LogP contribution in [0.15, 0.2) is 18.2 Å². The lowest BCUT2D eigenvalue weighted by atomic mass is 9.78. The quantitative estimate of drug-likeness (QED) is 0.803. The minimum atomic E-state index is 0.562. The molecule has 0 aromatic heterocycles. The van der Waals surface area contributed by atoms with Crippen LogP contribution in [-0.2, 0) is 0 Å². The van der Waals surface area contributed by atoms with Gasteiger partial charge in [0.05, 0.1) is 0 Å². The molecule has 0 saturated heterocycles. The number of benzene rings is 1. The van der Waals surface area contributed by atoms with Crippen molar-refractivity contribution in [1.82, 2.24) is 5.32 Å². The van der Waals surface area contributed by atoms with E-state index in [4.69, 9.17) is 0 Å². The van der Waals surface area contributed by atoms with Gasteiger partial charge in [0.2, 0.25) is 0 Å². The van der Waals surface area contributed by atoms with Gasteiger partial charge in [0, 0.05) is 6.04 Å². The van der Waals surface area contributed by atoms with Gasteiger partial charge < -0.3 is 5.32 Å². The van der Waals surface area contributed by atoms with Gasteiger partial charge in [-0.3, -0.25) is 0 Å². The fraction of sp³-hybridized carbons (Fsp3) is 0.625. The SMILES string of the molecule is CCNC(CC1CCC1)c1c(C)cccc1C. The van der Waals surface area contributed by atoms with Crippen molar-refractivity contribution in [3.63, 3.8) is 0 Å². The average Bonchev–Trinajstić information content (AvgIpc) is 2.22. The first-order valence-electron chi connectivity index (χ1n) is 7.02. The Morgan fingerprint density at radius 3 is 2.35 bits per heavy atom. The summed E-state index contributed by atoms with van der Waals surface area (Å²) in [5.41, 5.74) is 4.42. The Morgan fingerprint density at radius 1 is 1.24 bits per heavy atom. The molecule has 17 heavy (non-hydrogen) atoms. The fourth-order valence-electron chi connectivity index (χ4n) is 2.99. The molecule has 2 rings (SSSR count). The van der Waals surface area contributed by atoms with E-state index >= 15 is 0 Å². The van der Waals surface area contributed by atoms with Gasteiger partial charge in [0.15, 0.2) is 0 Å². The topological polar surface area (TPSA) is 12.0 Å². The van der Waals surface area contributed by atoms with Crippen LogP contribution in [0.3, 0.4) is 0 Å². The second kappa shape index (κ2) is 5.68. The Bertz CT molecular complexity index is 346. The van der Waals surface area contributed by atoms with Gasteiger partial charge in [-0.1, -0.05) is 44.4 Å². The largest absolute Gasteiger partial charge is 0.310 e. The van der Waals surface area contributed by atoms with Crippen molar-refractivity contribution >= 4 is 0 Å². The lowest BCUT2D eigenvalue weighted by Gasteiger charge is -2.31. The summed E-state index contributed by atoms with van der Waals surface area (Å²) >= 11 is 0. The molecule has 0 radical (unpaired) electrons. The molecule has 1 aliphatic rings. The van der Waals surface area contributed by atoms with Crippen LogP contribution in [0.2, 0.25) is 0 Å². The van der Waals surface area contributed by atoms with E-state index in [1.165, 1.54) is 36.8 Å². The number of rotatable bonds is 5. The minimum absolute atomic E-state index is 0.562. The van der Waals surface area contributed by atoms with Crippen molar-refractivity contribution in [2.75, 3.05) is 6.54 Å². The third-order valence-corrected chi connectivity index (χ3v) is 4.13. The summed E-state index contributed by atoms with van der Waals surface area (Å²) in [4.78, 5) is 0. The second-order valence-electron chi connectivity index (χ2n) is 5.45. The first-order valence-corrected chi connectivity index (χ1v) is 7.02. The highest BCUT2D eigenvalue weighted by Gasteiger charge is 2.24. The normalized spacial score (nSPS) is 17.8. The summed E-state index contributed by atoms with van der Waals surface area (Å²) in [5.74, 6) is 0.957. The molecule has 1 fully saturated rings. The van der Waals surface area contributed by atoms with Crippen molar-refractivity contribution in [3.8, 4) is 0 Å². The van der Waals surface area contributed by atoms with Gasteiger partial charge in [-0.2, -0.15) is 0 Å². The van der Waals surface area contributed by atoms with E-state index in [-0.39, 0.29) is 0 Å². The molecule has 1 aromatic carbocycles. The highest BCUT2D eigenvalue weighted by atomic mass is 14.9. The van der Waals surface area contributed by atoms with Crippen molar-refractivity contribution in [1.29, 1.82) is 0 Å². The molecular weight excluding hydrogens is 206 g/mol. The van der Waals surface area contributed by atoms with Crippen molar-refractivity contribution in [2.45, 2.75) is 52.5 Å². The summed E-state index contributed by atoms with van der Waals surface area (Å²) in [6, 6.07) is 7.22. The molecule has 1 aliphatic carbocycles. The predicted octanol–water partition coefficient (Wildman–Crippen LogP) is 4.14. The van der Waals surface area contributed by atoms with E-state index in [1.807, 2.05) is 0 Å². The molecule has 1 saturated carbocycles. The average molecular weight is 231 g/mol. The third-order valence-electron chi connectivity index (χ3n) is 4.13. The minimum Gasteiger partial charge on any atom is -0.310 e. The first kappa shape index (κ1) is 12.6. The highest BCUT2D eigenvalue weighted by molar-refractivity contribution is 5.36. The van der Waals surface area contributed by atoms with Gasteiger partial charge in [0.1, 0.15) is 0 Å². The van der Waals surface area contributed by atoms with Gasteiger partial charge in [-0.15, -0.1) is 0 Å². The first-order chi connectivity index (χ1) is 8.22. The Morgan fingerprint density at radius 2 is 1.88 bits per heavy atom. The molecule has 0 amide bonds. The van der Waals surface area contributed by atoms with E-state index in [0.29, 0.717) is 6.04 Å². The molecule has 1 unspecified atom stereocenters. The zero-order valence-corrected chi connectivity index (χ0v) is 11.4. The van der Waals surface area contributed by atoms with Crippen LogP contribution in [-0.4, -0.2) is 6.54 Å². The van der Waals surface area contributed by atoms with Gasteiger partial charge in [0.25, 0.3) is 0 Å². The van der Waals surface area contributed by atoms with Crippen LogP contribution in [0.1, 0.15) is 55.3 Å². The van der Waals surface area contributed by atoms with Gasteiger partial charge in [-0.25, -0.2) is 0 Å². The van der Waals surface area contributed by atoms with E-state index in [0.717, 1.165) is 12.5 Å². The number of hydrogen-bond donors (Lipinski definition) is 1. The van der Waals surface area contributed by atoms with E-state index in [9.17, 15) is 0 Å². The predicted molar refractivity (Wildman–Crippen MR) is 74.3 cm³/mol. The Balaban J connectivity index is 2.18. The van der Waals surface area contributed by atoms with Crippen molar-refractivity contribution in [2.24, 2.45) is 5.92 Å². The van der Waals surface area contributed by atoms with Crippen LogP contribution in [0.4, 0.5) is 0 Å². The molecular formula is C16H25N. The second-order valence-corrected chi connectivity index (χ2v) is 5.45. The maximum Gasteiger partial charge on any atom is 0.0328 e.